The number of carbonyl (C=O) groups is 2. The molecule has 0 radical (unpaired) electrons. The van der Waals surface area contributed by atoms with Crippen molar-refractivity contribution in [2.24, 2.45) is 5.41 Å². The van der Waals surface area contributed by atoms with Crippen molar-refractivity contribution in [1.82, 2.24) is 4.90 Å². The molecule has 0 aromatic heterocycles. The molecule has 3 spiro atoms. The molecule has 6 aliphatic rings. The monoisotopic (exact) mass is 410 g/mol. The van der Waals surface area contributed by atoms with Crippen LogP contribution in [0.15, 0.2) is 29.8 Å². The number of rotatable bonds is 1. The maximum absolute atomic E-state index is 13.3. The van der Waals surface area contributed by atoms with Gasteiger partial charge in [-0.2, -0.15) is 0 Å². The van der Waals surface area contributed by atoms with E-state index >= 15 is 0 Å². The lowest BCUT2D eigenvalue weighted by Gasteiger charge is -2.66. The first-order valence-electron chi connectivity index (χ1n) is 10.7. The number of para-hydroxylation sites is 1. The molecule has 4 atom stereocenters. The summed E-state index contributed by atoms with van der Waals surface area (Å²) in [7, 11) is 2.75. The van der Waals surface area contributed by atoms with E-state index in [9.17, 15) is 14.7 Å². The van der Waals surface area contributed by atoms with Crippen LogP contribution < -0.4 is 4.90 Å². The highest BCUT2D eigenvalue weighted by molar-refractivity contribution is 6.04. The zero-order valence-electron chi connectivity index (χ0n) is 17.3. The Hall–Kier alpha value is -2.54. The van der Waals surface area contributed by atoms with Crippen molar-refractivity contribution in [1.29, 1.82) is 0 Å². The van der Waals surface area contributed by atoms with Gasteiger partial charge in [-0.3, -0.25) is 9.80 Å². The van der Waals surface area contributed by atoms with Gasteiger partial charge in [-0.1, -0.05) is 18.2 Å². The van der Waals surface area contributed by atoms with Crippen molar-refractivity contribution in [2.45, 2.75) is 49.1 Å². The zero-order valence-corrected chi connectivity index (χ0v) is 17.3. The Labute approximate surface area is 175 Å². The second-order valence-corrected chi connectivity index (χ2v) is 9.39. The number of piperidine rings is 1. The van der Waals surface area contributed by atoms with E-state index in [1.54, 1.807) is 11.0 Å². The van der Waals surface area contributed by atoms with Crippen molar-refractivity contribution in [3.05, 3.63) is 35.4 Å². The smallest absolute Gasteiger partial charge is 0.414 e. The molecule has 1 N–H and O–H groups in total. The van der Waals surface area contributed by atoms with Gasteiger partial charge in [0.25, 0.3) is 0 Å². The summed E-state index contributed by atoms with van der Waals surface area (Å²) in [5.74, 6) is -0.343. The molecule has 3 aliphatic heterocycles. The van der Waals surface area contributed by atoms with Gasteiger partial charge in [-0.15, -0.1) is 0 Å². The predicted octanol–water partition coefficient (Wildman–Crippen LogP) is 2.72. The Morgan fingerprint density at radius 2 is 1.93 bits per heavy atom. The number of methoxy groups -OCH3 is 2. The number of benzene rings is 1. The Balaban J connectivity index is 1.75. The Morgan fingerprint density at radius 3 is 2.70 bits per heavy atom. The van der Waals surface area contributed by atoms with Gasteiger partial charge in [-0.05, 0) is 56.8 Å². The van der Waals surface area contributed by atoms with Crippen LogP contribution in [0.5, 0.6) is 5.75 Å². The fourth-order valence-corrected chi connectivity index (χ4v) is 8.01. The minimum Gasteiger partial charge on any atom is -0.506 e. The molecule has 2 saturated heterocycles. The highest BCUT2D eigenvalue weighted by Gasteiger charge is 2.79. The summed E-state index contributed by atoms with van der Waals surface area (Å²) in [6, 6.07) is 5.67. The average Bonchev–Trinajstić information content (AvgIpc) is 3.29. The van der Waals surface area contributed by atoms with Crippen LogP contribution in [-0.4, -0.2) is 61.0 Å². The summed E-state index contributed by atoms with van der Waals surface area (Å²) in [4.78, 5) is 30.6. The van der Waals surface area contributed by atoms with E-state index < -0.39 is 23.0 Å². The van der Waals surface area contributed by atoms with Gasteiger partial charge in [0.05, 0.1) is 31.0 Å². The Kier molecular flexibility index (Phi) is 3.39. The van der Waals surface area contributed by atoms with Gasteiger partial charge in [0.2, 0.25) is 0 Å². The second-order valence-electron chi connectivity index (χ2n) is 9.39. The predicted molar refractivity (Wildman–Crippen MR) is 108 cm³/mol. The molecule has 7 rings (SSSR count). The maximum atomic E-state index is 13.3. The number of nitrogens with zero attached hydrogens (tertiary/aromatic N) is 2. The normalized spacial score (nSPS) is 37.9. The first kappa shape index (κ1) is 18.2. The van der Waals surface area contributed by atoms with Crippen LogP contribution in [0.4, 0.5) is 10.5 Å². The standard InChI is InChI=1S/C23H26N2O5/c1-29-18(27)15-13-21-7-4-11-24-12-10-22(19(21)24)14-5-3-6-16(26)17(14)25(20(28)30-2)23(15,22)9-8-21/h3,5-6,13,19,26H,4,7-12H2,1-2H3/t19-,21+,22+,23+/m0/s1. The number of aromatic hydroxyl groups is 1. The van der Waals surface area contributed by atoms with Crippen molar-refractivity contribution in [3.63, 3.8) is 0 Å². The Bertz CT molecular complexity index is 1020. The van der Waals surface area contributed by atoms with E-state index in [1.807, 2.05) is 12.1 Å². The van der Waals surface area contributed by atoms with E-state index in [-0.39, 0.29) is 17.2 Å². The second kappa shape index (κ2) is 5.58. The number of esters is 1. The summed E-state index contributed by atoms with van der Waals surface area (Å²) in [5, 5.41) is 10.9. The molecule has 1 saturated carbocycles. The molecule has 3 heterocycles. The van der Waals surface area contributed by atoms with E-state index in [4.69, 9.17) is 9.47 Å². The van der Waals surface area contributed by atoms with Crippen LogP contribution in [-0.2, 0) is 19.7 Å². The van der Waals surface area contributed by atoms with Gasteiger partial charge < -0.3 is 14.6 Å². The average molecular weight is 410 g/mol. The van der Waals surface area contributed by atoms with E-state index in [1.165, 1.54) is 14.2 Å². The number of ether oxygens (including phenoxy) is 2. The zero-order chi connectivity index (χ0) is 20.9. The number of fused-ring (bicyclic) bond motifs is 2. The molecule has 7 heteroatoms. The minimum absolute atomic E-state index is 0.0482. The summed E-state index contributed by atoms with van der Waals surface area (Å²) in [5.41, 5.74) is 0.510. The molecule has 3 aliphatic carbocycles. The first-order chi connectivity index (χ1) is 14.5. The quantitative estimate of drug-likeness (QED) is 0.718. The van der Waals surface area contributed by atoms with Crippen molar-refractivity contribution in [3.8, 4) is 5.75 Å². The Morgan fingerprint density at radius 1 is 1.10 bits per heavy atom. The van der Waals surface area contributed by atoms with Crippen molar-refractivity contribution in [2.75, 3.05) is 32.2 Å². The van der Waals surface area contributed by atoms with Gasteiger partial charge in [0, 0.05) is 16.9 Å². The van der Waals surface area contributed by atoms with Gasteiger partial charge in [-0.25, -0.2) is 9.59 Å². The summed E-state index contributed by atoms with van der Waals surface area (Å²) in [6.07, 6.45) is 6.09. The van der Waals surface area contributed by atoms with Gasteiger partial charge in [0.15, 0.2) is 0 Å². The van der Waals surface area contributed by atoms with E-state index in [2.05, 4.69) is 11.0 Å². The lowest BCUT2D eigenvalue weighted by molar-refractivity contribution is -0.139. The van der Waals surface area contributed by atoms with Crippen LogP contribution in [0, 0.1) is 5.41 Å². The number of hydrogen-bond donors (Lipinski definition) is 1. The number of phenols is 1. The molecule has 1 aromatic carbocycles. The molecule has 0 unspecified atom stereocenters. The molecule has 7 nitrogen and oxygen atoms in total. The summed E-state index contributed by atoms with van der Waals surface area (Å²) >= 11 is 0. The van der Waals surface area contributed by atoms with Crippen LogP contribution in [0.25, 0.3) is 0 Å². The third-order valence-electron chi connectivity index (χ3n) is 8.69. The molecular formula is C23H26N2O5. The summed E-state index contributed by atoms with van der Waals surface area (Å²) in [6.45, 7) is 1.94. The van der Waals surface area contributed by atoms with Crippen LogP contribution in [0.3, 0.4) is 0 Å². The van der Waals surface area contributed by atoms with Crippen molar-refractivity contribution >= 4 is 17.7 Å². The third kappa shape index (κ3) is 1.67. The van der Waals surface area contributed by atoms with Crippen LogP contribution in [0.1, 0.15) is 37.7 Å². The molecule has 158 valence electrons. The molecule has 1 aromatic rings. The van der Waals surface area contributed by atoms with Crippen molar-refractivity contribution < 1.29 is 24.2 Å². The number of amides is 1. The minimum atomic E-state index is -0.910. The lowest BCUT2D eigenvalue weighted by Crippen LogP contribution is -2.75. The fourth-order valence-electron chi connectivity index (χ4n) is 8.01. The van der Waals surface area contributed by atoms with Gasteiger partial charge in [0.1, 0.15) is 5.75 Å². The topological polar surface area (TPSA) is 79.3 Å². The lowest BCUT2D eigenvalue weighted by atomic mass is 9.42. The first-order valence-corrected chi connectivity index (χ1v) is 10.7. The molecular weight excluding hydrogens is 384 g/mol. The third-order valence-corrected chi connectivity index (χ3v) is 8.69. The largest absolute Gasteiger partial charge is 0.506 e. The van der Waals surface area contributed by atoms with Crippen LogP contribution in [0.2, 0.25) is 0 Å². The molecule has 1 amide bonds. The molecule has 2 bridgehead atoms. The molecule has 30 heavy (non-hydrogen) atoms. The fraction of sp³-hybridized carbons (Fsp3) is 0.565. The van der Waals surface area contributed by atoms with Crippen LogP contribution >= 0.6 is 0 Å². The van der Waals surface area contributed by atoms with E-state index in [0.29, 0.717) is 17.7 Å². The highest BCUT2D eigenvalue weighted by Crippen LogP contribution is 2.74. The highest BCUT2D eigenvalue weighted by atomic mass is 16.5. The molecule has 3 fully saturated rings. The maximum Gasteiger partial charge on any atom is 0.414 e. The summed E-state index contributed by atoms with van der Waals surface area (Å²) < 4.78 is 10.5. The van der Waals surface area contributed by atoms with Gasteiger partial charge >= 0.3 is 12.1 Å². The number of phenolic OH excluding ortho intramolecular Hbond substituents is 1. The SMILES string of the molecule is COC(=O)C1=C[C@@]23CCCN4CC[C@@]5(c6cccc(O)c6N(C(=O)OC)[C@]15CC2)[C@@H]43. The number of anilines is 1. The van der Waals surface area contributed by atoms with E-state index in [0.717, 1.165) is 44.3 Å². The number of carbonyl (C=O) groups excluding carboxylic acids is 2. The number of hydrogen-bond acceptors (Lipinski definition) is 6.